The number of rotatable bonds is 3. The molecule has 0 aliphatic heterocycles. The van der Waals surface area contributed by atoms with Gasteiger partial charge in [-0.05, 0) is 87.4 Å². The summed E-state index contributed by atoms with van der Waals surface area (Å²) in [6, 6.07) is 51.5. The molecule has 0 saturated carbocycles. The van der Waals surface area contributed by atoms with Crippen molar-refractivity contribution >= 4 is 75.8 Å². The predicted molar refractivity (Wildman–Crippen MR) is 245 cm³/mol. The van der Waals surface area contributed by atoms with E-state index in [1.54, 1.807) is 0 Å². The lowest BCUT2D eigenvalue weighted by Crippen LogP contribution is -2.25. The van der Waals surface area contributed by atoms with E-state index in [1.807, 2.05) is 11.3 Å². The van der Waals surface area contributed by atoms with Crippen LogP contribution in [0.5, 0.6) is 0 Å². The number of para-hydroxylation sites is 2. The number of hydrogen-bond acceptors (Lipinski definition) is 2. The Bertz CT molecular complexity index is 3440. The Hall–Kier alpha value is -6.75. The molecular formula is C54H37N3S. The molecule has 58 heavy (non-hydrogen) atoms. The topological polar surface area (TPSA) is 22.2 Å². The number of hydrogen-bond donors (Lipinski definition) is 0. The second-order valence-corrected chi connectivity index (χ2v) is 17.4. The van der Waals surface area contributed by atoms with Gasteiger partial charge in [-0.15, -0.1) is 11.3 Å². The van der Waals surface area contributed by atoms with Crippen LogP contribution >= 0.6 is 11.3 Å². The molecule has 3 aliphatic carbocycles. The highest BCUT2D eigenvalue weighted by atomic mass is 32.1. The number of allylic oxidation sites excluding steroid dienone is 7. The van der Waals surface area contributed by atoms with Crippen molar-refractivity contribution < 1.29 is 0 Å². The summed E-state index contributed by atoms with van der Waals surface area (Å²) in [5.41, 5.74) is 14.8. The number of benzene rings is 6. The Balaban J connectivity index is 0.964. The van der Waals surface area contributed by atoms with Crippen molar-refractivity contribution in [2.45, 2.75) is 19.3 Å². The lowest BCUT2D eigenvalue weighted by molar-refractivity contribution is 0.423. The maximum Gasteiger partial charge on any atom is 0.156 e. The summed E-state index contributed by atoms with van der Waals surface area (Å²) in [6.07, 6.45) is 15.0. The van der Waals surface area contributed by atoms with E-state index in [0.29, 0.717) is 17.8 Å². The van der Waals surface area contributed by atoms with E-state index in [1.165, 1.54) is 97.7 Å². The zero-order chi connectivity index (χ0) is 38.1. The highest BCUT2D eigenvalue weighted by Gasteiger charge is 2.37. The number of pyridine rings is 1. The Morgan fingerprint density at radius 2 is 1.29 bits per heavy atom. The van der Waals surface area contributed by atoms with E-state index in [0.717, 1.165) is 17.8 Å². The summed E-state index contributed by atoms with van der Waals surface area (Å²) in [4.78, 5) is 5.55. The molecule has 4 aromatic heterocycles. The van der Waals surface area contributed by atoms with E-state index < -0.39 is 0 Å². The second kappa shape index (κ2) is 12.1. The SMILES string of the molecule is CC1c2c(nc3c4sc5c6ccccc6ccc5c4cc(-c4ccc(-c5ccc(-n6c7ccccc7c7ccccc76)cc5)cc4)n23)C=C2C=C3C=CC=CC3CC21. The predicted octanol–water partition coefficient (Wildman–Crippen LogP) is 14.5. The number of nitrogens with zero attached hydrogens (tertiary/aromatic N) is 3. The van der Waals surface area contributed by atoms with Crippen molar-refractivity contribution in [3.05, 3.63) is 192 Å². The van der Waals surface area contributed by atoms with Crippen LogP contribution in [0.15, 0.2) is 181 Å². The minimum Gasteiger partial charge on any atom is -0.309 e. The van der Waals surface area contributed by atoms with Gasteiger partial charge in [-0.25, -0.2) is 4.98 Å². The second-order valence-electron chi connectivity index (χ2n) is 16.3. The van der Waals surface area contributed by atoms with Crippen molar-refractivity contribution in [3.63, 3.8) is 0 Å². The van der Waals surface area contributed by atoms with Gasteiger partial charge in [-0.2, -0.15) is 0 Å². The maximum atomic E-state index is 5.55. The van der Waals surface area contributed by atoms with Gasteiger partial charge in [-0.1, -0.05) is 146 Å². The van der Waals surface area contributed by atoms with Crippen molar-refractivity contribution in [2.75, 3.05) is 0 Å². The molecule has 10 aromatic rings. The van der Waals surface area contributed by atoms with Crippen LogP contribution in [-0.2, 0) is 0 Å². The fourth-order valence-electron chi connectivity index (χ4n) is 10.5. The van der Waals surface area contributed by atoms with Gasteiger partial charge in [0.2, 0.25) is 0 Å². The molecule has 0 bridgehead atoms. The lowest BCUT2D eigenvalue weighted by Gasteiger charge is -2.36. The van der Waals surface area contributed by atoms with Crippen LogP contribution in [0.25, 0.3) is 92.5 Å². The van der Waals surface area contributed by atoms with Crippen LogP contribution in [-0.4, -0.2) is 14.0 Å². The molecule has 0 N–H and O–H groups in total. The van der Waals surface area contributed by atoms with Crippen molar-refractivity contribution in [1.82, 2.24) is 14.0 Å². The first-order valence-electron chi connectivity index (χ1n) is 20.4. The average molecular weight is 760 g/mol. The quantitative estimate of drug-likeness (QED) is 0.176. The van der Waals surface area contributed by atoms with Crippen molar-refractivity contribution in [2.24, 2.45) is 11.8 Å². The number of thiophene rings is 1. The van der Waals surface area contributed by atoms with E-state index >= 15 is 0 Å². The molecule has 6 aromatic carbocycles. The normalized spacial score (nSPS) is 18.6. The molecule has 3 atom stereocenters. The maximum absolute atomic E-state index is 5.55. The van der Waals surface area contributed by atoms with Gasteiger partial charge < -0.3 is 4.57 Å². The summed E-state index contributed by atoms with van der Waals surface area (Å²) in [5, 5.41) is 7.73. The minimum absolute atomic E-state index is 0.320. The van der Waals surface area contributed by atoms with E-state index in [9.17, 15) is 0 Å². The Morgan fingerprint density at radius 1 is 0.603 bits per heavy atom. The highest BCUT2D eigenvalue weighted by Crippen LogP contribution is 2.50. The number of fused-ring (bicyclic) bond motifs is 14. The third kappa shape index (κ3) is 4.58. The fourth-order valence-corrected chi connectivity index (χ4v) is 11.8. The molecule has 3 unspecified atom stereocenters. The van der Waals surface area contributed by atoms with Crippen LogP contribution in [0.1, 0.15) is 30.7 Å². The van der Waals surface area contributed by atoms with E-state index in [-0.39, 0.29) is 0 Å². The summed E-state index contributed by atoms with van der Waals surface area (Å²) in [5.74, 6) is 1.24. The van der Waals surface area contributed by atoms with Gasteiger partial charge in [0.05, 0.1) is 32.8 Å². The first-order chi connectivity index (χ1) is 28.7. The third-order valence-electron chi connectivity index (χ3n) is 13.3. The molecule has 274 valence electrons. The first-order valence-corrected chi connectivity index (χ1v) is 21.2. The summed E-state index contributed by atoms with van der Waals surface area (Å²) < 4.78 is 7.50. The summed E-state index contributed by atoms with van der Waals surface area (Å²) in [6.45, 7) is 2.43. The standard InChI is InChI=1S/C54H37N3S/c1-32-45-29-38-12-3-2-11-37(38)28-39(45)30-47-51(32)57-50(31-46-44-27-24-35-10-4-5-13-41(35)52(44)58-53(46)54(57)55-47)36-20-18-33(19-21-36)34-22-25-40(26-23-34)56-48-16-8-6-14-42(48)43-15-7-9-17-49(43)56/h2-28,30-32,38,45H,29H2,1H3. The molecule has 0 saturated heterocycles. The minimum atomic E-state index is 0.320. The number of aromatic nitrogens is 3. The molecule has 3 aliphatic rings. The molecule has 4 heteroatoms. The molecule has 4 heterocycles. The van der Waals surface area contributed by atoms with Crippen molar-refractivity contribution in [1.29, 1.82) is 0 Å². The zero-order valence-electron chi connectivity index (χ0n) is 31.9. The lowest BCUT2D eigenvalue weighted by atomic mass is 9.69. The largest absolute Gasteiger partial charge is 0.309 e. The van der Waals surface area contributed by atoms with E-state index in [2.05, 4.69) is 192 Å². The van der Waals surface area contributed by atoms with Gasteiger partial charge in [-0.3, -0.25) is 4.40 Å². The van der Waals surface area contributed by atoms with Crippen LogP contribution < -0.4 is 0 Å². The monoisotopic (exact) mass is 759 g/mol. The smallest absolute Gasteiger partial charge is 0.156 e. The molecular weight excluding hydrogens is 723 g/mol. The van der Waals surface area contributed by atoms with Gasteiger partial charge in [0.15, 0.2) is 5.65 Å². The average Bonchev–Trinajstić information content (AvgIpc) is 3.96. The Labute approximate surface area is 339 Å². The van der Waals surface area contributed by atoms with Crippen LogP contribution in [0.2, 0.25) is 0 Å². The van der Waals surface area contributed by atoms with Gasteiger partial charge in [0, 0.05) is 43.8 Å². The zero-order valence-corrected chi connectivity index (χ0v) is 32.7. The Morgan fingerprint density at radius 3 is 2.07 bits per heavy atom. The van der Waals surface area contributed by atoms with Crippen LogP contribution in [0, 0.1) is 11.8 Å². The number of imidazole rings is 1. The summed E-state index contributed by atoms with van der Waals surface area (Å²) >= 11 is 1.90. The fraction of sp³-hybridized carbons (Fsp3) is 0.0926. The van der Waals surface area contributed by atoms with Crippen LogP contribution in [0.4, 0.5) is 0 Å². The highest BCUT2D eigenvalue weighted by molar-refractivity contribution is 7.27. The molecule has 13 rings (SSSR count). The summed E-state index contributed by atoms with van der Waals surface area (Å²) in [7, 11) is 0. The molecule has 3 nitrogen and oxygen atoms in total. The molecule has 0 amide bonds. The van der Waals surface area contributed by atoms with Gasteiger partial charge >= 0.3 is 0 Å². The van der Waals surface area contributed by atoms with Crippen LogP contribution in [0.3, 0.4) is 0 Å². The van der Waals surface area contributed by atoms with Gasteiger partial charge in [0.1, 0.15) is 0 Å². The third-order valence-corrected chi connectivity index (χ3v) is 14.5. The van der Waals surface area contributed by atoms with Crippen molar-refractivity contribution in [3.8, 4) is 28.1 Å². The van der Waals surface area contributed by atoms with E-state index in [4.69, 9.17) is 4.98 Å². The molecule has 0 radical (unpaired) electrons. The molecule has 0 spiro atoms. The molecule has 0 fully saturated rings. The Kier molecular flexibility index (Phi) is 6.76. The van der Waals surface area contributed by atoms with Gasteiger partial charge in [0.25, 0.3) is 0 Å². The first kappa shape index (κ1) is 32.3.